The van der Waals surface area contributed by atoms with Crippen LogP contribution in [0, 0.1) is 0 Å². The third-order valence-electron chi connectivity index (χ3n) is 2.49. The highest BCUT2D eigenvalue weighted by atomic mass is 32.2. The fourth-order valence-corrected chi connectivity index (χ4v) is 2.07. The number of rotatable bonds is 1. The number of hydrogen-bond acceptors (Lipinski definition) is 6. The maximum Gasteiger partial charge on any atom is 0.189 e. The highest BCUT2D eigenvalue weighted by Crippen LogP contribution is 2.24. The highest BCUT2D eigenvalue weighted by molar-refractivity contribution is 7.98. The third-order valence-corrected chi connectivity index (χ3v) is 3.04. The van der Waals surface area contributed by atoms with Gasteiger partial charge in [0.25, 0.3) is 0 Å². The molecule has 1 aromatic carbocycles. The molecule has 5 nitrogen and oxygen atoms in total. The van der Waals surface area contributed by atoms with E-state index >= 15 is 0 Å². The number of aromatic nitrogens is 4. The molecule has 0 unspecified atom stereocenters. The van der Waals surface area contributed by atoms with Crippen molar-refractivity contribution >= 4 is 39.5 Å². The Hall–Kier alpha value is -1.95. The molecule has 3 aromatic rings. The molecule has 0 aliphatic carbocycles. The van der Waals surface area contributed by atoms with Crippen molar-refractivity contribution in [1.29, 1.82) is 0 Å². The van der Waals surface area contributed by atoms with Gasteiger partial charge in [0.05, 0.1) is 5.52 Å². The van der Waals surface area contributed by atoms with Crippen LogP contribution in [0.2, 0.25) is 0 Å². The summed E-state index contributed by atoms with van der Waals surface area (Å²) in [5, 5.41) is 9.78. The number of nitrogens with two attached hydrogens (primary N) is 1. The number of nitrogens with zero attached hydrogens (tertiary/aromatic N) is 4. The molecule has 84 valence electrons. The minimum atomic E-state index is 0.373. The first-order chi connectivity index (χ1) is 8.29. The summed E-state index contributed by atoms with van der Waals surface area (Å²) in [7, 11) is 0. The molecule has 0 aliphatic rings. The molecule has 0 amide bonds. The molecule has 3 rings (SSSR count). The van der Waals surface area contributed by atoms with Crippen LogP contribution in [-0.4, -0.2) is 26.4 Å². The quantitative estimate of drug-likeness (QED) is 0.399. The minimum absolute atomic E-state index is 0.373. The second-order valence-corrected chi connectivity index (χ2v) is 4.28. The topological polar surface area (TPSA) is 77.6 Å². The minimum Gasteiger partial charge on any atom is -0.382 e. The predicted octanol–water partition coefficient (Wildman–Crippen LogP) is 1.88. The average Bonchev–Trinajstić information content (AvgIpc) is 2.38. The van der Waals surface area contributed by atoms with E-state index in [0.717, 1.165) is 16.4 Å². The molecule has 2 N–H and O–H groups in total. The largest absolute Gasteiger partial charge is 0.382 e. The van der Waals surface area contributed by atoms with Crippen molar-refractivity contribution in [1.82, 2.24) is 20.2 Å². The van der Waals surface area contributed by atoms with Gasteiger partial charge in [-0.05, 0) is 12.3 Å². The van der Waals surface area contributed by atoms with Gasteiger partial charge in [-0.1, -0.05) is 30.0 Å². The molecule has 0 fully saturated rings. The Morgan fingerprint density at radius 1 is 1.06 bits per heavy atom. The lowest BCUT2D eigenvalue weighted by Gasteiger charge is -2.04. The summed E-state index contributed by atoms with van der Waals surface area (Å²) in [4.78, 5) is 8.61. The van der Waals surface area contributed by atoms with Crippen molar-refractivity contribution in [3.8, 4) is 0 Å². The van der Waals surface area contributed by atoms with E-state index in [1.165, 1.54) is 11.8 Å². The Balaban J connectivity index is 2.51. The monoisotopic (exact) mass is 243 g/mol. The lowest BCUT2D eigenvalue weighted by molar-refractivity contribution is 0.997. The molecule has 17 heavy (non-hydrogen) atoms. The van der Waals surface area contributed by atoms with Gasteiger partial charge in [-0.2, -0.15) is 0 Å². The van der Waals surface area contributed by atoms with Gasteiger partial charge in [-0.25, -0.2) is 9.97 Å². The lowest BCUT2D eigenvalue weighted by atomic mass is 10.2. The molecule has 2 aromatic heterocycles. The molecular formula is C11H9N5S. The van der Waals surface area contributed by atoms with Crippen LogP contribution in [0.15, 0.2) is 29.4 Å². The molecule has 0 bridgehead atoms. The molecular weight excluding hydrogens is 234 g/mol. The van der Waals surface area contributed by atoms with Crippen LogP contribution in [0.5, 0.6) is 0 Å². The summed E-state index contributed by atoms with van der Waals surface area (Å²) in [6.45, 7) is 0. The Bertz CT molecular complexity index is 713. The highest BCUT2D eigenvalue weighted by Gasteiger charge is 2.10. The second-order valence-electron chi connectivity index (χ2n) is 3.51. The molecule has 0 spiro atoms. The van der Waals surface area contributed by atoms with Crippen LogP contribution < -0.4 is 5.73 Å². The van der Waals surface area contributed by atoms with Crippen LogP contribution >= 0.6 is 11.8 Å². The maximum absolute atomic E-state index is 5.86. The second kappa shape index (κ2) is 3.81. The summed E-state index contributed by atoms with van der Waals surface area (Å²) in [5.41, 5.74) is 7.98. The summed E-state index contributed by atoms with van der Waals surface area (Å²) < 4.78 is 0. The normalized spacial score (nSPS) is 11.1. The van der Waals surface area contributed by atoms with Crippen LogP contribution in [0.3, 0.4) is 0 Å². The summed E-state index contributed by atoms with van der Waals surface area (Å²) >= 11 is 1.46. The average molecular weight is 243 g/mol. The first-order valence-corrected chi connectivity index (χ1v) is 6.24. The SMILES string of the molecule is CSc1nc(N)c2nnc3ccccc3c2n1. The van der Waals surface area contributed by atoms with Crippen LogP contribution in [0.1, 0.15) is 0 Å². The molecule has 6 heteroatoms. The van der Waals surface area contributed by atoms with E-state index in [-0.39, 0.29) is 0 Å². The number of benzene rings is 1. The van der Waals surface area contributed by atoms with Gasteiger partial charge in [0.2, 0.25) is 0 Å². The van der Waals surface area contributed by atoms with Gasteiger partial charge in [0.1, 0.15) is 5.52 Å². The van der Waals surface area contributed by atoms with Gasteiger partial charge in [-0.15, -0.1) is 10.2 Å². The first-order valence-electron chi connectivity index (χ1n) is 5.02. The van der Waals surface area contributed by atoms with E-state index in [1.54, 1.807) is 0 Å². The summed E-state index contributed by atoms with van der Waals surface area (Å²) in [6.07, 6.45) is 1.91. The maximum atomic E-state index is 5.86. The number of nitrogen functional groups attached to an aromatic ring is 1. The van der Waals surface area contributed by atoms with Crippen molar-refractivity contribution in [2.45, 2.75) is 5.16 Å². The number of anilines is 1. The fourth-order valence-electron chi connectivity index (χ4n) is 1.69. The zero-order valence-corrected chi connectivity index (χ0v) is 9.90. The molecule has 0 radical (unpaired) electrons. The van der Waals surface area contributed by atoms with E-state index in [4.69, 9.17) is 5.73 Å². The predicted molar refractivity (Wildman–Crippen MR) is 68.8 cm³/mol. The van der Waals surface area contributed by atoms with Gasteiger partial charge in [0, 0.05) is 5.39 Å². The molecule has 2 heterocycles. The Morgan fingerprint density at radius 2 is 1.88 bits per heavy atom. The van der Waals surface area contributed by atoms with Crippen molar-refractivity contribution in [2.24, 2.45) is 0 Å². The Labute approximate surface area is 101 Å². The van der Waals surface area contributed by atoms with Gasteiger partial charge in [0.15, 0.2) is 16.5 Å². The number of thioether (sulfide) groups is 1. The van der Waals surface area contributed by atoms with Crippen LogP contribution in [0.25, 0.3) is 21.9 Å². The van der Waals surface area contributed by atoms with Crippen molar-refractivity contribution < 1.29 is 0 Å². The van der Waals surface area contributed by atoms with Gasteiger partial charge in [-0.3, -0.25) is 0 Å². The van der Waals surface area contributed by atoms with Crippen molar-refractivity contribution in [3.05, 3.63) is 24.3 Å². The van der Waals surface area contributed by atoms with E-state index in [0.29, 0.717) is 16.5 Å². The van der Waals surface area contributed by atoms with Crippen LogP contribution in [-0.2, 0) is 0 Å². The Morgan fingerprint density at radius 3 is 2.71 bits per heavy atom. The smallest absolute Gasteiger partial charge is 0.189 e. The molecule has 0 aliphatic heterocycles. The zero-order valence-electron chi connectivity index (χ0n) is 9.08. The van der Waals surface area contributed by atoms with Crippen molar-refractivity contribution in [3.63, 3.8) is 0 Å². The lowest BCUT2D eigenvalue weighted by Crippen LogP contribution is -2.00. The number of fused-ring (bicyclic) bond motifs is 3. The fraction of sp³-hybridized carbons (Fsp3) is 0.0909. The van der Waals surface area contributed by atoms with E-state index in [9.17, 15) is 0 Å². The van der Waals surface area contributed by atoms with E-state index in [2.05, 4.69) is 20.2 Å². The van der Waals surface area contributed by atoms with E-state index < -0.39 is 0 Å². The van der Waals surface area contributed by atoms with Gasteiger partial charge < -0.3 is 5.73 Å². The molecule has 0 saturated heterocycles. The summed E-state index contributed by atoms with van der Waals surface area (Å²) in [5.74, 6) is 0.373. The summed E-state index contributed by atoms with van der Waals surface area (Å²) in [6, 6.07) is 7.73. The number of hydrogen-bond donors (Lipinski definition) is 1. The standard InChI is InChI=1S/C11H9N5S/c1-17-11-13-8-6-4-2-3-5-7(6)15-16-9(8)10(12)14-11/h2-5H,1H3,(H2,12,13,14). The molecule has 0 atom stereocenters. The van der Waals surface area contributed by atoms with Crippen molar-refractivity contribution in [2.75, 3.05) is 12.0 Å². The van der Waals surface area contributed by atoms with Crippen LogP contribution in [0.4, 0.5) is 5.82 Å². The first kappa shape index (κ1) is 10.2. The Kier molecular flexibility index (Phi) is 2.29. The molecule has 0 saturated carbocycles. The van der Waals surface area contributed by atoms with Gasteiger partial charge >= 0.3 is 0 Å². The third kappa shape index (κ3) is 1.57. The zero-order chi connectivity index (χ0) is 11.8. The van der Waals surface area contributed by atoms with E-state index in [1.807, 2.05) is 30.5 Å².